The fourth-order valence-electron chi connectivity index (χ4n) is 3.70. The second kappa shape index (κ2) is 8.61. The second-order valence-corrected chi connectivity index (χ2v) is 8.29. The van der Waals surface area contributed by atoms with Crippen molar-refractivity contribution in [2.45, 2.75) is 46.3 Å². The van der Waals surface area contributed by atoms with Crippen molar-refractivity contribution in [1.82, 2.24) is 10.3 Å². The molecule has 1 aromatic heterocycles. The van der Waals surface area contributed by atoms with Gasteiger partial charge in [-0.25, -0.2) is 9.78 Å². The summed E-state index contributed by atoms with van der Waals surface area (Å²) in [5, 5.41) is 14.2. The number of aromatic nitrogens is 1. The lowest BCUT2D eigenvalue weighted by Crippen LogP contribution is -2.44. The number of amides is 2. The van der Waals surface area contributed by atoms with E-state index in [2.05, 4.69) is 15.6 Å². The van der Waals surface area contributed by atoms with Crippen LogP contribution in [-0.4, -0.2) is 34.2 Å². The maximum atomic E-state index is 11.3. The SMILES string of the molecule is CC(=O)Nc1cc2c(cn1)COc1cc(OCC(C)CC(C)(C)NC(=O)O)ccc1-2. The Labute approximate surface area is 175 Å². The van der Waals surface area contributed by atoms with E-state index in [-0.39, 0.29) is 11.8 Å². The van der Waals surface area contributed by atoms with E-state index in [9.17, 15) is 9.59 Å². The van der Waals surface area contributed by atoms with Crippen molar-refractivity contribution >= 4 is 17.8 Å². The van der Waals surface area contributed by atoms with Gasteiger partial charge in [0, 0.05) is 35.9 Å². The standard InChI is InChI=1S/C22H27N3O5/c1-13(9-22(3,4)25-21(27)28)11-29-16-5-6-17-18-8-20(24-14(2)26)23-10-15(18)12-30-19(17)7-16/h5-8,10,13,25H,9,11-12H2,1-4H3,(H,27,28)(H,23,24,26). The Kier molecular flexibility index (Phi) is 6.14. The number of carboxylic acid groups (broad SMARTS) is 1. The molecule has 0 spiro atoms. The molecule has 2 amide bonds. The maximum absolute atomic E-state index is 11.3. The normalized spacial score (nSPS) is 13.3. The van der Waals surface area contributed by atoms with Crippen molar-refractivity contribution in [3.63, 3.8) is 0 Å². The summed E-state index contributed by atoms with van der Waals surface area (Å²) in [6, 6.07) is 7.51. The molecule has 160 valence electrons. The zero-order valence-corrected chi connectivity index (χ0v) is 17.6. The Hall–Kier alpha value is -3.29. The summed E-state index contributed by atoms with van der Waals surface area (Å²) in [6.07, 6.45) is 1.33. The van der Waals surface area contributed by atoms with Gasteiger partial charge in [-0.1, -0.05) is 6.92 Å². The van der Waals surface area contributed by atoms with Gasteiger partial charge in [0.15, 0.2) is 0 Å². The number of nitrogens with zero attached hydrogens (tertiary/aromatic N) is 1. The number of rotatable bonds is 7. The van der Waals surface area contributed by atoms with Crippen LogP contribution >= 0.6 is 0 Å². The molecule has 3 N–H and O–H groups in total. The molecule has 0 saturated heterocycles. The van der Waals surface area contributed by atoms with Crippen LogP contribution in [-0.2, 0) is 11.4 Å². The Balaban J connectivity index is 1.69. The lowest BCUT2D eigenvalue weighted by molar-refractivity contribution is -0.114. The minimum Gasteiger partial charge on any atom is -0.493 e. The van der Waals surface area contributed by atoms with E-state index in [0.717, 1.165) is 16.7 Å². The van der Waals surface area contributed by atoms with Crippen molar-refractivity contribution in [3.05, 3.63) is 36.0 Å². The third-order valence-electron chi connectivity index (χ3n) is 4.76. The molecule has 8 heteroatoms. The highest BCUT2D eigenvalue weighted by Crippen LogP contribution is 2.40. The van der Waals surface area contributed by atoms with Gasteiger partial charge in [-0.05, 0) is 49.9 Å². The highest BCUT2D eigenvalue weighted by Gasteiger charge is 2.24. The lowest BCUT2D eigenvalue weighted by atomic mass is 9.92. The number of ether oxygens (including phenoxy) is 2. The van der Waals surface area contributed by atoms with Gasteiger partial charge in [-0.15, -0.1) is 0 Å². The Morgan fingerprint density at radius 2 is 2.07 bits per heavy atom. The van der Waals surface area contributed by atoms with Gasteiger partial charge >= 0.3 is 6.09 Å². The van der Waals surface area contributed by atoms with E-state index >= 15 is 0 Å². The van der Waals surface area contributed by atoms with Crippen LogP contribution in [0.3, 0.4) is 0 Å². The molecule has 0 aliphatic carbocycles. The first-order chi connectivity index (χ1) is 14.1. The van der Waals surface area contributed by atoms with E-state index in [1.165, 1.54) is 6.92 Å². The molecular formula is C22H27N3O5. The summed E-state index contributed by atoms with van der Waals surface area (Å²) in [6.45, 7) is 8.02. The first-order valence-corrected chi connectivity index (χ1v) is 9.80. The highest BCUT2D eigenvalue weighted by molar-refractivity contribution is 5.89. The topological polar surface area (TPSA) is 110 Å². The van der Waals surface area contributed by atoms with E-state index in [4.69, 9.17) is 14.6 Å². The van der Waals surface area contributed by atoms with E-state index in [1.54, 1.807) is 6.20 Å². The fraction of sp³-hybridized carbons (Fsp3) is 0.409. The first-order valence-electron chi connectivity index (χ1n) is 9.80. The maximum Gasteiger partial charge on any atom is 0.405 e. The van der Waals surface area contributed by atoms with Crippen molar-refractivity contribution in [2.75, 3.05) is 11.9 Å². The summed E-state index contributed by atoms with van der Waals surface area (Å²) in [4.78, 5) is 26.4. The van der Waals surface area contributed by atoms with Gasteiger partial charge in [0.2, 0.25) is 5.91 Å². The van der Waals surface area contributed by atoms with E-state index in [0.29, 0.717) is 37.0 Å². The molecule has 1 unspecified atom stereocenters. The summed E-state index contributed by atoms with van der Waals surface area (Å²) < 4.78 is 11.8. The Morgan fingerprint density at radius 3 is 2.77 bits per heavy atom. The molecule has 0 radical (unpaired) electrons. The third kappa shape index (κ3) is 5.40. The summed E-state index contributed by atoms with van der Waals surface area (Å²) in [5.74, 6) is 1.87. The molecule has 1 aliphatic rings. The number of hydrogen-bond acceptors (Lipinski definition) is 5. The number of anilines is 1. The number of carbonyl (C=O) groups is 2. The van der Waals surface area contributed by atoms with Crippen molar-refractivity contribution in [2.24, 2.45) is 5.92 Å². The predicted octanol–water partition coefficient (Wildman–Crippen LogP) is 4.05. The van der Waals surface area contributed by atoms with Crippen LogP contribution in [0.2, 0.25) is 0 Å². The molecule has 0 fully saturated rings. The van der Waals surface area contributed by atoms with E-state index < -0.39 is 11.6 Å². The van der Waals surface area contributed by atoms with Crippen LogP contribution < -0.4 is 20.1 Å². The molecular weight excluding hydrogens is 386 g/mol. The summed E-state index contributed by atoms with van der Waals surface area (Å²) >= 11 is 0. The van der Waals surface area contributed by atoms with Gasteiger partial charge in [0.25, 0.3) is 0 Å². The highest BCUT2D eigenvalue weighted by atomic mass is 16.5. The van der Waals surface area contributed by atoms with Gasteiger partial charge < -0.3 is 25.2 Å². The molecule has 1 atom stereocenters. The average Bonchev–Trinajstić information content (AvgIpc) is 2.64. The number of hydrogen-bond donors (Lipinski definition) is 3. The first kappa shape index (κ1) is 21.4. The van der Waals surface area contributed by atoms with Crippen LogP contribution in [0.15, 0.2) is 30.5 Å². The molecule has 2 aromatic rings. The Morgan fingerprint density at radius 1 is 1.30 bits per heavy atom. The monoisotopic (exact) mass is 413 g/mol. The van der Waals surface area contributed by atoms with Crippen LogP contribution in [0, 0.1) is 5.92 Å². The molecule has 1 aromatic carbocycles. The molecule has 2 heterocycles. The third-order valence-corrected chi connectivity index (χ3v) is 4.76. The van der Waals surface area contributed by atoms with Crippen molar-refractivity contribution in [1.29, 1.82) is 0 Å². The van der Waals surface area contributed by atoms with Crippen LogP contribution in [0.5, 0.6) is 11.5 Å². The van der Waals surface area contributed by atoms with Gasteiger partial charge in [-0.3, -0.25) is 4.79 Å². The Bertz CT molecular complexity index is 958. The number of pyridine rings is 1. The summed E-state index contributed by atoms with van der Waals surface area (Å²) in [7, 11) is 0. The van der Waals surface area contributed by atoms with E-state index in [1.807, 2.05) is 45.0 Å². The summed E-state index contributed by atoms with van der Waals surface area (Å²) in [5.41, 5.74) is 2.30. The minimum absolute atomic E-state index is 0.149. The largest absolute Gasteiger partial charge is 0.493 e. The quantitative estimate of drug-likeness (QED) is 0.632. The molecule has 0 saturated carbocycles. The number of benzene rings is 1. The molecule has 0 bridgehead atoms. The minimum atomic E-state index is -1.03. The van der Waals surface area contributed by atoms with Crippen LogP contribution in [0.1, 0.15) is 39.7 Å². The van der Waals surface area contributed by atoms with Crippen LogP contribution in [0.25, 0.3) is 11.1 Å². The van der Waals surface area contributed by atoms with Gasteiger partial charge in [-0.2, -0.15) is 0 Å². The van der Waals surface area contributed by atoms with Crippen LogP contribution in [0.4, 0.5) is 10.6 Å². The zero-order valence-electron chi connectivity index (χ0n) is 17.6. The number of nitrogens with one attached hydrogen (secondary N) is 2. The number of fused-ring (bicyclic) bond motifs is 3. The van der Waals surface area contributed by atoms with Gasteiger partial charge in [0.05, 0.1) is 6.61 Å². The van der Waals surface area contributed by atoms with Crippen molar-refractivity contribution in [3.8, 4) is 22.6 Å². The molecule has 1 aliphatic heterocycles. The molecule has 30 heavy (non-hydrogen) atoms. The lowest BCUT2D eigenvalue weighted by Gasteiger charge is -2.28. The van der Waals surface area contributed by atoms with Gasteiger partial charge in [0.1, 0.15) is 23.9 Å². The number of carbonyl (C=O) groups excluding carboxylic acids is 1. The fourth-order valence-corrected chi connectivity index (χ4v) is 3.70. The predicted molar refractivity (Wildman–Crippen MR) is 113 cm³/mol. The molecule has 8 nitrogen and oxygen atoms in total. The second-order valence-electron chi connectivity index (χ2n) is 8.29. The molecule has 3 rings (SSSR count). The van der Waals surface area contributed by atoms with Crippen molar-refractivity contribution < 1.29 is 24.2 Å². The smallest absolute Gasteiger partial charge is 0.405 e. The zero-order chi connectivity index (χ0) is 21.9. The average molecular weight is 413 g/mol.